The Labute approximate surface area is 168 Å². The van der Waals surface area contributed by atoms with E-state index in [0.717, 1.165) is 31.4 Å². The van der Waals surface area contributed by atoms with Gasteiger partial charge in [0.05, 0.1) is 0 Å². The highest BCUT2D eigenvalue weighted by atomic mass is 32.2. The first-order valence-corrected chi connectivity index (χ1v) is 10.8. The maximum absolute atomic E-state index is 14.1. The number of carbonyl (C=O) groups excluding carboxylic acids is 2. The summed E-state index contributed by atoms with van der Waals surface area (Å²) in [7, 11) is -3.95. The normalized spacial score (nSPS) is 16.7. The van der Waals surface area contributed by atoms with E-state index in [-0.39, 0.29) is 17.4 Å². The van der Waals surface area contributed by atoms with E-state index in [2.05, 4.69) is 10.6 Å². The molecule has 29 heavy (non-hydrogen) atoms. The minimum absolute atomic E-state index is 0.0258. The summed E-state index contributed by atoms with van der Waals surface area (Å²) < 4.78 is 40.3. The quantitative estimate of drug-likeness (QED) is 0.756. The van der Waals surface area contributed by atoms with Crippen molar-refractivity contribution in [3.63, 3.8) is 0 Å². The average molecular weight is 417 g/mol. The molecule has 0 aromatic heterocycles. The lowest BCUT2D eigenvalue weighted by Crippen LogP contribution is -2.42. The van der Waals surface area contributed by atoms with Crippen molar-refractivity contribution in [1.29, 1.82) is 0 Å². The number of hydrogen-bond donors (Lipinski definition) is 2. The molecule has 2 aliphatic rings. The van der Waals surface area contributed by atoms with E-state index in [1.807, 2.05) is 0 Å². The molecule has 7 nitrogen and oxygen atoms in total. The Bertz CT molecular complexity index is 1080. The minimum Gasteiger partial charge on any atom is -0.326 e. The van der Waals surface area contributed by atoms with Gasteiger partial charge in [0.15, 0.2) is 0 Å². The van der Waals surface area contributed by atoms with Crippen molar-refractivity contribution in [2.75, 3.05) is 23.7 Å². The molecule has 1 saturated heterocycles. The lowest BCUT2D eigenvalue weighted by molar-refractivity contribution is -0.117. The first kappa shape index (κ1) is 19.5. The zero-order chi connectivity index (χ0) is 20.6. The fourth-order valence-electron chi connectivity index (χ4n) is 2.98. The summed E-state index contributed by atoms with van der Waals surface area (Å²) >= 11 is 0. The molecule has 2 aromatic carbocycles. The fraction of sp³-hybridized carbons (Fsp3) is 0.300. The molecule has 2 N–H and O–H groups in total. The molecule has 1 heterocycles. The number of amides is 2. The summed E-state index contributed by atoms with van der Waals surface area (Å²) in [4.78, 5) is 24.0. The first-order valence-electron chi connectivity index (χ1n) is 9.36. The predicted octanol–water partition coefficient (Wildman–Crippen LogP) is 2.82. The lowest BCUT2D eigenvalue weighted by Gasteiger charge is -2.29. The number of rotatable bonds is 6. The van der Waals surface area contributed by atoms with Gasteiger partial charge in [-0.15, -0.1) is 0 Å². The number of hydrogen-bond acceptors (Lipinski definition) is 4. The molecule has 2 aromatic rings. The van der Waals surface area contributed by atoms with E-state index in [1.165, 1.54) is 10.4 Å². The van der Waals surface area contributed by atoms with Crippen LogP contribution in [0.2, 0.25) is 0 Å². The third-order valence-electron chi connectivity index (χ3n) is 4.96. The molecule has 2 amide bonds. The molecular formula is C20H20FN3O4S. The monoisotopic (exact) mass is 417 g/mol. The summed E-state index contributed by atoms with van der Waals surface area (Å²) in [5, 5.41) is 5.45. The van der Waals surface area contributed by atoms with Crippen LogP contribution in [0, 0.1) is 11.7 Å². The van der Waals surface area contributed by atoms with Crippen LogP contribution in [0.1, 0.15) is 29.6 Å². The van der Waals surface area contributed by atoms with Crippen LogP contribution < -0.4 is 10.6 Å². The van der Waals surface area contributed by atoms with Gasteiger partial charge in [-0.05, 0) is 55.7 Å². The molecule has 0 radical (unpaired) electrons. The van der Waals surface area contributed by atoms with Crippen molar-refractivity contribution < 1.29 is 22.4 Å². The Morgan fingerprint density at radius 2 is 1.69 bits per heavy atom. The van der Waals surface area contributed by atoms with Gasteiger partial charge >= 0.3 is 0 Å². The van der Waals surface area contributed by atoms with Gasteiger partial charge in [0, 0.05) is 35.9 Å². The summed E-state index contributed by atoms with van der Waals surface area (Å²) in [5.74, 6) is -1.46. The predicted molar refractivity (Wildman–Crippen MR) is 106 cm³/mol. The van der Waals surface area contributed by atoms with Crippen molar-refractivity contribution in [2.45, 2.75) is 24.2 Å². The maximum atomic E-state index is 14.1. The van der Waals surface area contributed by atoms with Crippen LogP contribution in [0.5, 0.6) is 0 Å². The Balaban J connectivity index is 1.51. The second-order valence-electron chi connectivity index (χ2n) is 7.20. The van der Waals surface area contributed by atoms with Gasteiger partial charge in [0.25, 0.3) is 5.91 Å². The molecule has 4 rings (SSSR count). The highest BCUT2D eigenvalue weighted by Gasteiger charge is 2.32. The molecule has 1 aliphatic carbocycles. The highest BCUT2D eigenvalue weighted by Crippen LogP contribution is 2.30. The van der Waals surface area contributed by atoms with Gasteiger partial charge in [-0.2, -0.15) is 4.31 Å². The van der Waals surface area contributed by atoms with Gasteiger partial charge in [0.2, 0.25) is 15.9 Å². The van der Waals surface area contributed by atoms with Crippen molar-refractivity contribution in [2.24, 2.45) is 5.92 Å². The highest BCUT2D eigenvalue weighted by molar-refractivity contribution is 7.89. The lowest BCUT2D eigenvalue weighted by atomic mass is 10.2. The summed E-state index contributed by atoms with van der Waals surface area (Å²) in [6, 6.07) is 9.92. The van der Waals surface area contributed by atoms with Crippen LogP contribution in [-0.2, 0) is 14.8 Å². The fourth-order valence-corrected chi connectivity index (χ4v) is 4.58. The van der Waals surface area contributed by atoms with Crippen LogP contribution >= 0.6 is 0 Å². The molecular weight excluding hydrogens is 397 g/mol. The zero-order valence-corrected chi connectivity index (χ0v) is 16.3. The van der Waals surface area contributed by atoms with Crippen molar-refractivity contribution in [3.8, 4) is 0 Å². The van der Waals surface area contributed by atoms with E-state index in [0.29, 0.717) is 24.5 Å². The molecule has 152 valence electrons. The molecule has 2 fully saturated rings. The van der Waals surface area contributed by atoms with E-state index in [1.54, 1.807) is 24.3 Å². The second kappa shape index (κ2) is 7.57. The van der Waals surface area contributed by atoms with Crippen LogP contribution in [0.25, 0.3) is 0 Å². The van der Waals surface area contributed by atoms with Crippen molar-refractivity contribution in [3.05, 3.63) is 53.8 Å². The van der Waals surface area contributed by atoms with Crippen LogP contribution in [0.3, 0.4) is 0 Å². The zero-order valence-electron chi connectivity index (χ0n) is 15.5. The third kappa shape index (κ3) is 4.15. The molecule has 9 heteroatoms. The van der Waals surface area contributed by atoms with E-state index in [4.69, 9.17) is 0 Å². The average Bonchev–Trinajstić information content (AvgIpc) is 3.45. The maximum Gasteiger partial charge on any atom is 0.255 e. The minimum atomic E-state index is -3.95. The van der Waals surface area contributed by atoms with Gasteiger partial charge in [-0.3, -0.25) is 9.59 Å². The van der Waals surface area contributed by atoms with Crippen LogP contribution in [-0.4, -0.2) is 37.6 Å². The van der Waals surface area contributed by atoms with Crippen molar-refractivity contribution in [1.82, 2.24) is 4.31 Å². The molecule has 1 saturated carbocycles. The summed E-state index contributed by atoms with van der Waals surface area (Å²) in [5.41, 5.74) is 1.01. The number of sulfonamides is 1. The molecule has 0 bridgehead atoms. The first-order chi connectivity index (χ1) is 13.8. The Kier molecular flexibility index (Phi) is 5.10. The topological polar surface area (TPSA) is 95.6 Å². The van der Waals surface area contributed by atoms with Gasteiger partial charge < -0.3 is 10.6 Å². The molecule has 1 aliphatic heterocycles. The number of benzene rings is 2. The molecule has 0 atom stereocenters. The summed E-state index contributed by atoms with van der Waals surface area (Å²) in [6.45, 7) is 0.690. The Morgan fingerprint density at radius 1 is 1.00 bits per heavy atom. The van der Waals surface area contributed by atoms with Crippen LogP contribution in [0.15, 0.2) is 47.4 Å². The van der Waals surface area contributed by atoms with Crippen LogP contribution in [0.4, 0.5) is 15.8 Å². The number of carbonyl (C=O) groups is 2. The number of anilines is 2. The summed E-state index contributed by atoms with van der Waals surface area (Å²) in [6.07, 6.45) is 2.50. The Morgan fingerprint density at radius 3 is 2.31 bits per heavy atom. The number of nitrogens with zero attached hydrogens (tertiary/aromatic N) is 1. The number of halogens is 1. The van der Waals surface area contributed by atoms with E-state index < -0.39 is 26.6 Å². The SMILES string of the molecule is O=C(Nc1cccc(NC(=O)C2CC2)c1)c1ccc(F)c(S(=O)(=O)N2CCC2)c1. The van der Waals surface area contributed by atoms with Crippen molar-refractivity contribution >= 4 is 33.2 Å². The largest absolute Gasteiger partial charge is 0.326 e. The second-order valence-corrected chi connectivity index (χ2v) is 9.11. The molecule has 0 spiro atoms. The standard InChI is InChI=1S/C20H20FN3O4S/c21-17-8-7-14(11-18(17)29(27,28)24-9-2-10-24)20(26)23-16-4-1-3-15(12-16)22-19(25)13-5-6-13/h1,3-4,7-8,11-13H,2,5-6,9-10H2,(H,22,25)(H,23,26). The third-order valence-corrected chi connectivity index (χ3v) is 6.88. The van der Waals surface area contributed by atoms with E-state index in [9.17, 15) is 22.4 Å². The molecule has 0 unspecified atom stereocenters. The number of nitrogens with one attached hydrogen (secondary N) is 2. The van der Waals surface area contributed by atoms with Gasteiger partial charge in [-0.25, -0.2) is 12.8 Å². The smallest absolute Gasteiger partial charge is 0.255 e. The Hall–Kier alpha value is -2.78. The van der Waals surface area contributed by atoms with Gasteiger partial charge in [0.1, 0.15) is 10.7 Å². The van der Waals surface area contributed by atoms with Gasteiger partial charge in [-0.1, -0.05) is 6.07 Å². The van der Waals surface area contributed by atoms with E-state index >= 15 is 0 Å².